The predicted molar refractivity (Wildman–Crippen MR) is 118 cm³/mol. The molecule has 9 nitrogen and oxygen atoms in total. The third-order valence-electron chi connectivity index (χ3n) is 4.37. The molecule has 1 amide bonds. The number of sulfonamides is 1. The molecule has 3 N–H and O–H groups in total. The van der Waals surface area contributed by atoms with Gasteiger partial charge in [-0.3, -0.25) is 9.52 Å². The van der Waals surface area contributed by atoms with E-state index in [2.05, 4.69) is 25.3 Å². The van der Waals surface area contributed by atoms with E-state index in [-0.39, 0.29) is 16.4 Å². The summed E-state index contributed by atoms with van der Waals surface area (Å²) < 4.78 is 33.1. The maximum absolute atomic E-state index is 12.8. The molecule has 0 aliphatic rings. The lowest BCUT2D eigenvalue weighted by atomic mass is 10.1. The highest BCUT2D eigenvalue weighted by Gasteiger charge is 2.18. The quantitative estimate of drug-likeness (QED) is 0.436. The first-order valence-electron chi connectivity index (χ1n) is 9.45. The second-order valence-corrected chi connectivity index (χ2v) is 8.25. The van der Waals surface area contributed by atoms with Crippen molar-refractivity contribution in [1.82, 2.24) is 15.3 Å². The minimum Gasteiger partial charge on any atom is -0.497 e. The number of nitrogens with zero attached hydrogens (tertiary/aromatic N) is 2. The smallest absolute Gasteiger partial charge is 0.261 e. The molecule has 0 radical (unpaired) electrons. The molecule has 2 aromatic carbocycles. The minimum absolute atomic E-state index is 0.00474. The lowest BCUT2D eigenvalue weighted by Crippen LogP contribution is -2.29. The van der Waals surface area contributed by atoms with E-state index in [1.54, 1.807) is 55.7 Å². The third kappa shape index (κ3) is 5.92. The molecule has 0 atom stereocenters. The molecule has 0 aliphatic carbocycles. The van der Waals surface area contributed by atoms with Gasteiger partial charge in [0.2, 0.25) is 5.95 Å². The normalized spacial score (nSPS) is 10.9. The van der Waals surface area contributed by atoms with Gasteiger partial charge in [-0.25, -0.2) is 18.4 Å². The molecule has 0 unspecified atom stereocenters. The standard InChI is InChI=1S/C21H23N5O4S/c1-15-4-9-18(31(28,29)26-16-5-7-17(30-2)8-6-16)14-19(15)20(27)22-12-13-25-21-23-10-3-11-24-21/h3-11,14,26H,12-13H2,1-2H3,(H,22,27)(H,23,24,25). The van der Waals surface area contributed by atoms with Crippen LogP contribution < -0.4 is 20.1 Å². The van der Waals surface area contributed by atoms with E-state index in [0.717, 1.165) is 0 Å². The molecule has 162 valence electrons. The highest BCUT2D eigenvalue weighted by atomic mass is 32.2. The molecular formula is C21H23N5O4S. The highest BCUT2D eigenvalue weighted by molar-refractivity contribution is 7.92. The predicted octanol–water partition coefficient (Wildman–Crippen LogP) is 2.44. The number of carbonyl (C=O) groups excluding carboxylic acids is 1. The van der Waals surface area contributed by atoms with E-state index in [9.17, 15) is 13.2 Å². The molecule has 0 saturated carbocycles. The van der Waals surface area contributed by atoms with Crippen molar-refractivity contribution in [3.05, 3.63) is 72.1 Å². The molecule has 3 aromatic rings. The second kappa shape index (κ2) is 9.90. The van der Waals surface area contributed by atoms with E-state index in [1.807, 2.05) is 0 Å². The van der Waals surface area contributed by atoms with Gasteiger partial charge in [0.15, 0.2) is 0 Å². The number of hydrogen-bond acceptors (Lipinski definition) is 7. The number of rotatable bonds is 9. The van der Waals surface area contributed by atoms with Crippen molar-refractivity contribution in [2.45, 2.75) is 11.8 Å². The Kier molecular flexibility index (Phi) is 7.03. The fourth-order valence-electron chi connectivity index (χ4n) is 2.72. The number of carbonyl (C=O) groups is 1. The SMILES string of the molecule is COc1ccc(NS(=O)(=O)c2ccc(C)c(C(=O)NCCNc3ncccn3)c2)cc1. The van der Waals surface area contributed by atoms with Crippen LogP contribution in [-0.4, -0.2) is 44.5 Å². The number of nitrogens with one attached hydrogen (secondary N) is 3. The molecule has 0 saturated heterocycles. The molecule has 10 heteroatoms. The van der Waals surface area contributed by atoms with Gasteiger partial charge in [0.25, 0.3) is 15.9 Å². The van der Waals surface area contributed by atoms with Crippen molar-refractivity contribution in [3.63, 3.8) is 0 Å². The summed E-state index contributed by atoms with van der Waals surface area (Å²) in [4.78, 5) is 20.7. The van der Waals surface area contributed by atoms with Gasteiger partial charge in [-0.15, -0.1) is 0 Å². The summed E-state index contributed by atoms with van der Waals surface area (Å²) in [6.45, 7) is 2.49. The van der Waals surface area contributed by atoms with Gasteiger partial charge in [-0.1, -0.05) is 6.07 Å². The Hall–Kier alpha value is -3.66. The second-order valence-electron chi connectivity index (χ2n) is 6.57. The summed E-state index contributed by atoms with van der Waals surface area (Å²) in [6, 6.07) is 12.6. The fraction of sp³-hybridized carbons (Fsp3) is 0.190. The number of aromatic nitrogens is 2. The Labute approximate surface area is 180 Å². The van der Waals surface area contributed by atoms with Crippen LogP contribution in [0, 0.1) is 6.92 Å². The molecule has 1 aromatic heterocycles. The van der Waals surface area contributed by atoms with Crippen molar-refractivity contribution in [2.75, 3.05) is 30.2 Å². The molecule has 1 heterocycles. The van der Waals surface area contributed by atoms with E-state index in [0.29, 0.717) is 36.0 Å². The molecule has 0 spiro atoms. The Morgan fingerprint density at radius 3 is 2.42 bits per heavy atom. The first-order valence-corrected chi connectivity index (χ1v) is 10.9. The average molecular weight is 442 g/mol. The van der Waals surface area contributed by atoms with Crippen LogP contribution in [0.4, 0.5) is 11.6 Å². The largest absolute Gasteiger partial charge is 0.497 e. The van der Waals surface area contributed by atoms with Gasteiger partial charge in [-0.05, 0) is 55.0 Å². The van der Waals surface area contributed by atoms with Gasteiger partial charge in [0, 0.05) is 36.7 Å². The molecule has 0 aliphatic heterocycles. The minimum atomic E-state index is -3.87. The summed E-state index contributed by atoms with van der Waals surface area (Å²) in [5.74, 6) is 0.714. The summed E-state index contributed by atoms with van der Waals surface area (Å²) in [5, 5.41) is 5.75. The topological polar surface area (TPSA) is 122 Å². The number of ether oxygens (including phenoxy) is 1. The van der Waals surface area contributed by atoms with Gasteiger partial charge in [-0.2, -0.15) is 0 Å². The van der Waals surface area contributed by atoms with Crippen LogP contribution >= 0.6 is 0 Å². The number of benzene rings is 2. The van der Waals surface area contributed by atoms with Crippen molar-refractivity contribution in [3.8, 4) is 5.75 Å². The Balaban J connectivity index is 1.65. The summed E-state index contributed by atoms with van der Waals surface area (Å²) >= 11 is 0. The van der Waals surface area contributed by atoms with Crippen molar-refractivity contribution in [2.24, 2.45) is 0 Å². The number of aryl methyl sites for hydroxylation is 1. The van der Waals surface area contributed by atoms with Crippen LogP contribution in [0.1, 0.15) is 15.9 Å². The first kappa shape index (κ1) is 22.0. The van der Waals surface area contributed by atoms with E-state index < -0.39 is 10.0 Å². The molecule has 0 bridgehead atoms. The van der Waals surface area contributed by atoms with Crippen LogP contribution in [0.15, 0.2) is 65.8 Å². The van der Waals surface area contributed by atoms with Crippen molar-refractivity contribution in [1.29, 1.82) is 0 Å². The number of amides is 1. The van der Waals surface area contributed by atoms with Crippen molar-refractivity contribution >= 4 is 27.6 Å². The number of methoxy groups -OCH3 is 1. The van der Waals surface area contributed by atoms with Crippen LogP contribution in [0.5, 0.6) is 5.75 Å². The van der Waals surface area contributed by atoms with Gasteiger partial charge in [0.05, 0.1) is 12.0 Å². The van der Waals surface area contributed by atoms with E-state index in [1.165, 1.54) is 19.2 Å². The lowest BCUT2D eigenvalue weighted by Gasteiger charge is -2.12. The Morgan fingerprint density at radius 2 is 1.74 bits per heavy atom. The van der Waals surface area contributed by atoms with Gasteiger partial charge in [0.1, 0.15) is 5.75 Å². The van der Waals surface area contributed by atoms with E-state index in [4.69, 9.17) is 4.74 Å². The van der Waals surface area contributed by atoms with Crippen LogP contribution in [0.25, 0.3) is 0 Å². The third-order valence-corrected chi connectivity index (χ3v) is 5.74. The maximum Gasteiger partial charge on any atom is 0.261 e. The van der Waals surface area contributed by atoms with Crippen LogP contribution in [0.3, 0.4) is 0 Å². The fourth-order valence-corrected chi connectivity index (χ4v) is 3.81. The summed E-state index contributed by atoms with van der Waals surface area (Å²) in [5.41, 5.74) is 1.34. The average Bonchev–Trinajstić information content (AvgIpc) is 2.77. The maximum atomic E-state index is 12.8. The Morgan fingerprint density at radius 1 is 1.03 bits per heavy atom. The Bertz CT molecular complexity index is 1140. The monoisotopic (exact) mass is 441 g/mol. The van der Waals surface area contributed by atoms with Crippen molar-refractivity contribution < 1.29 is 17.9 Å². The summed E-state index contributed by atoms with van der Waals surface area (Å²) in [6.07, 6.45) is 3.23. The van der Waals surface area contributed by atoms with Gasteiger partial charge < -0.3 is 15.4 Å². The molecular weight excluding hydrogens is 418 g/mol. The zero-order valence-electron chi connectivity index (χ0n) is 17.1. The molecule has 3 rings (SSSR count). The molecule has 31 heavy (non-hydrogen) atoms. The zero-order chi connectivity index (χ0) is 22.3. The number of anilines is 2. The van der Waals surface area contributed by atoms with Gasteiger partial charge >= 0.3 is 0 Å². The first-order chi connectivity index (χ1) is 14.9. The highest BCUT2D eigenvalue weighted by Crippen LogP contribution is 2.21. The van der Waals surface area contributed by atoms with Crippen LogP contribution in [0.2, 0.25) is 0 Å². The van der Waals surface area contributed by atoms with Crippen LogP contribution in [-0.2, 0) is 10.0 Å². The van der Waals surface area contributed by atoms with E-state index >= 15 is 0 Å². The lowest BCUT2D eigenvalue weighted by molar-refractivity contribution is 0.0954. The zero-order valence-corrected chi connectivity index (χ0v) is 17.9. The number of hydrogen-bond donors (Lipinski definition) is 3. The molecule has 0 fully saturated rings. The summed E-state index contributed by atoms with van der Waals surface area (Å²) in [7, 11) is -2.34.